The largest absolute Gasteiger partial charge is 0.481 e. The van der Waals surface area contributed by atoms with Crippen molar-refractivity contribution in [2.24, 2.45) is 17.3 Å². The van der Waals surface area contributed by atoms with Crippen LogP contribution in [-0.2, 0) is 9.59 Å². The molecule has 1 fully saturated rings. The van der Waals surface area contributed by atoms with Gasteiger partial charge in [0.05, 0.1) is 0 Å². The van der Waals surface area contributed by atoms with E-state index >= 15 is 0 Å². The number of hydrogen-bond donors (Lipinski definition) is 1. The predicted molar refractivity (Wildman–Crippen MR) is 62.2 cm³/mol. The lowest BCUT2D eigenvalue weighted by atomic mass is 10.0. The molecule has 0 bridgehead atoms. The molecule has 0 spiro atoms. The van der Waals surface area contributed by atoms with Crippen LogP contribution in [0.2, 0.25) is 0 Å². The van der Waals surface area contributed by atoms with Crippen LogP contribution >= 0.6 is 0 Å². The first-order chi connectivity index (χ1) is 7.35. The maximum Gasteiger partial charge on any atom is 0.303 e. The number of Topliss-reactive ketones (excluding diaryl/α,β-unsaturated/α-hetero) is 1. The molecule has 0 radical (unpaired) electrons. The summed E-state index contributed by atoms with van der Waals surface area (Å²) >= 11 is 0. The number of ketones is 1. The maximum atomic E-state index is 10.8. The quantitative estimate of drug-likeness (QED) is 0.679. The Labute approximate surface area is 97.2 Å². The van der Waals surface area contributed by atoms with Crippen LogP contribution in [0.4, 0.5) is 0 Å². The number of rotatable bonds is 7. The zero-order valence-electron chi connectivity index (χ0n) is 10.5. The topological polar surface area (TPSA) is 54.4 Å². The number of hydrogen-bond acceptors (Lipinski definition) is 2. The third-order valence-corrected chi connectivity index (χ3v) is 3.98. The van der Waals surface area contributed by atoms with Gasteiger partial charge in [-0.25, -0.2) is 0 Å². The lowest BCUT2D eigenvalue weighted by Crippen LogP contribution is -1.99. The van der Waals surface area contributed by atoms with Crippen LogP contribution in [-0.4, -0.2) is 16.9 Å². The Balaban J connectivity index is 2.23. The summed E-state index contributed by atoms with van der Waals surface area (Å²) < 4.78 is 0. The van der Waals surface area contributed by atoms with Gasteiger partial charge in [0.25, 0.3) is 0 Å². The lowest BCUT2D eigenvalue weighted by molar-refractivity contribution is -0.137. The molecule has 0 heterocycles. The number of carbonyl (C=O) groups is 2. The number of unbranched alkanes of at least 4 members (excludes halogenated alkanes) is 1. The highest BCUT2D eigenvalue weighted by Gasteiger charge is 2.56. The van der Waals surface area contributed by atoms with Crippen molar-refractivity contribution >= 4 is 11.8 Å². The van der Waals surface area contributed by atoms with Gasteiger partial charge in [0, 0.05) is 12.8 Å². The fourth-order valence-electron chi connectivity index (χ4n) is 2.76. The monoisotopic (exact) mass is 226 g/mol. The molecular formula is C13H22O3. The van der Waals surface area contributed by atoms with E-state index in [0.717, 1.165) is 19.3 Å². The molecule has 0 aromatic heterocycles. The van der Waals surface area contributed by atoms with Gasteiger partial charge in [0.2, 0.25) is 0 Å². The zero-order chi connectivity index (χ0) is 12.3. The van der Waals surface area contributed by atoms with Gasteiger partial charge in [-0.2, -0.15) is 0 Å². The molecule has 0 amide bonds. The SMILES string of the molecule is CC(=O)CCCCC1C(CC(=O)O)C1(C)C. The molecule has 0 aromatic carbocycles. The Morgan fingerprint density at radius 3 is 2.31 bits per heavy atom. The summed E-state index contributed by atoms with van der Waals surface area (Å²) in [6.07, 6.45) is 4.02. The Bertz CT molecular complexity index is 281. The molecule has 0 aromatic rings. The van der Waals surface area contributed by atoms with Gasteiger partial charge in [-0.1, -0.05) is 20.3 Å². The first kappa shape index (κ1) is 13.2. The second-order valence-electron chi connectivity index (χ2n) is 5.58. The second-order valence-corrected chi connectivity index (χ2v) is 5.58. The van der Waals surface area contributed by atoms with Crippen LogP contribution < -0.4 is 0 Å². The summed E-state index contributed by atoms with van der Waals surface area (Å²) in [5.74, 6) is 0.430. The average molecular weight is 226 g/mol. The van der Waals surface area contributed by atoms with E-state index in [9.17, 15) is 9.59 Å². The van der Waals surface area contributed by atoms with E-state index in [1.54, 1.807) is 6.92 Å². The van der Waals surface area contributed by atoms with E-state index in [-0.39, 0.29) is 11.2 Å². The molecule has 1 aliphatic carbocycles. The van der Waals surface area contributed by atoms with E-state index in [1.165, 1.54) is 0 Å². The molecule has 2 unspecified atom stereocenters. The van der Waals surface area contributed by atoms with E-state index in [4.69, 9.17) is 5.11 Å². The van der Waals surface area contributed by atoms with Crippen LogP contribution in [0.25, 0.3) is 0 Å². The van der Waals surface area contributed by atoms with Crippen LogP contribution in [0.3, 0.4) is 0 Å². The Morgan fingerprint density at radius 1 is 1.19 bits per heavy atom. The standard InChI is InChI=1S/C13H22O3/c1-9(14)6-4-5-7-10-11(8-12(15)16)13(10,2)3/h10-11H,4-8H2,1-3H3,(H,15,16). The normalized spacial score (nSPS) is 26.4. The van der Waals surface area contributed by atoms with E-state index < -0.39 is 5.97 Å². The highest BCUT2D eigenvalue weighted by molar-refractivity contribution is 5.75. The van der Waals surface area contributed by atoms with Gasteiger partial charge >= 0.3 is 5.97 Å². The second kappa shape index (κ2) is 4.98. The van der Waals surface area contributed by atoms with Gasteiger partial charge in [-0.3, -0.25) is 4.79 Å². The Hall–Kier alpha value is -0.860. The maximum absolute atomic E-state index is 10.8. The summed E-state index contributed by atoms with van der Waals surface area (Å²) in [4.78, 5) is 21.4. The smallest absolute Gasteiger partial charge is 0.303 e. The van der Waals surface area contributed by atoms with E-state index in [2.05, 4.69) is 13.8 Å². The molecule has 1 rings (SSSR count). The first-order valence-electron chi connectivity index (χ1n) is 6.07. The summed E-state index contributed by atoms with van der Waals surface area (Å²) in [6.45, 7) is 5.92. The summed E-state index contributed by atoms with van der Waals surface area (Å²) in [5, 5.41) is 8.77. The minimum Gasteiger partial charge on any atom is -0.481 e. The molecule has 1 saturated carbocycles. The van der Waals surface area contributed by atoms with Crippen LogP contribution in [0.1, 0.15) is 52.9 Å². The number of carbonyl (C=O) groups excluding carboxylic acids is 1. The third kappa shape index (κ3) is 3.32. The van der Waals surface area contributed by atoms with Crippen molar-refractivity contribution in [1.82, 2.24) is 0 Å². The Kier molecular flexibility index (Phi) is 4.11. The molecule has 0 saturated heterocycles. The zero-order valence-corrected chi connectivity index (χ0v) is 10.5. The predicted octanol–water partition coefficient (Wildman–Crippen LogP) is 2.88. The van der Waals surface area contributed by atoms with Gasteiger partial charge in [-0.15, -0.1) is 0 Å². The van der Waals surface area contributed by atoms with Crippen molar-refractivity contribution in [1.29, 1.82) is 0 Å². The number of carboxylic acid groups (broad SMARTS) is 1. The van der Waals surface area contributed by atoms with Crippen molar-refractivity contribution in [2.75, 3.05) is 0 Å². The fraction of sp³-hybridized carbons (Fsp3) is 0.846. The van der Waals surface area contributed by atoms with Crippen molar-refractivity contribution in [2.45, 2.75) is 52.9 Å². The molecule has 3 heteroatoms. The molecule has 1 N–H and O–H groups in total. The summed E-state index contributed by atoms with van der Waals surface area (Å²) in [6, 6.07) is 0. The molecule has 3 nitrogen and oxygen atoms in total. The lowest BCUT2D eigenvalue weighted by Gasteiger charge is -2.01. The molecule has 1 aliphatic rings. The minimum absolute atomic E-state index is 0.189. The molecule has 0 aliphatic heterocycles. The van der Waals surface area contributed by atoms with Crippen molar-refractivity contribution in [3.8, 4) is 0 Å². The van der Waals surface area contributed by atoms with Crippen molar-refractivity contribution in [3.63, 3.8) is 0 Å². The molecule has 92 valence electrons. The highest BCUT2D eigenvalue weighted by Crippen LogP contribution is 2.62. The fourth-order valence-corrected chi connectivity index (χ4v) is 2.76. The van der Waals surface area contributed by atoms with Crippen LogP contribution in [0.5, 0.6) is 0 Å². The molecular weight excluding hydrogens is 204 g/mol. The van der Waals surface area contributed by atoms with Crippen LogP contribution in [0, 0.1) is 17.3 Å². The van der Waals surface area contributed by atoms with Gasteiger partial charge in [0.15, 0.2) is 0 Å². The van der Waals surface area contributed by atoms with E-state index in [0.29, 0.717) is 24.7 Å². The van der Waals surface area contributed by atoms with Crippen LogP contribution in [0.15, 0.2) is 0 Å². The van der Waals surface area contributed by atoms with Gasteiger partial charge in [-0.05, 0) is 37.0 Å². The van der Waals surface area contributed by atoms with Crippen molar-refractivity contribution in [3.05, 3.63) is 0 Å². The number of carboxylic acids is 1. The van der Waals surface area contributed by atoms with E-state index in [1.807, 2.05) is 0 Å². The third-order valence-electron chi connectivity index (χ3n) is 3.98. The Morgan fingerprint density at radius 2 is 1.81 bits per heavy atom. The minimum atomic E-state index is -0.690. The average Bonchev–Trinajstić information content (AvgIpc) is 2.61. The number of aliphatic carboxylic acids is 1. The molecule has 16 heavy (non-hydrogen) atoms. The van der Waals surface area contributed by atoms with Crippen molar-refractivity contribution < 1.29 is 14.7 Å². The highest BCUT2D eigenvalue weighted by atomic mass is 16.4. The van der Waals surface area contributed by atoms with Gasteiger partial charge < -0.3 is 9.90 Å². The summed E-state index contributed by atoms with van der Waals surface area (Å²) in [5.41, 5.74) is 0.189. The first-order valence-corrected chi connectivity index (χ1v) is 6.07. The van der Waals surface area contributed by atoms with Gasteiger partial charge in [0.1, 0.15) is 5.78 Å². The summed E-state index contributed by atoms with van der Waals surface area (Å²) in [7, 11) is 0. The molecule has 2 atom stereocenters.